The first kappa shape index (κ1) is 13.8. The minimum absolute atomic E-state index is 0.108. The van der Waals surface area contributed by atoms with Gasteiger partial charge in [-0.15, -0.1) is 0 Å². The third kappa shape index (κ3) is 2.79. The summed E-state index contributed by atoms with van der Waals surface area (Å²) in [6, 6.07) is 4.60. The van der Waals surface area contributed by atoms with E-state index in [1.807, 2.05) is 0 Å². The molecule has 0 unspecified atom stereocenters. The first-order valence-electron chi connectivity index (χ1n) is 6.38. The molecule has 1 N–H and O–H groups in total. The van der Waals surface area contributed by atoms with E-state index in [2.05, 4.69) is 31.2 Å². The molecule has 0 radical (unpaired) electrons. The Morgan fingerprint density at radius 1 is 1.35 bits per heavy atom. The van der Waals surface area contributed by atoms with Crippen LogP contribution < -0.4 is 5.32 Å². The maximum Gasteiger partial charge on any atom is 0.152 e. The molecule has 1 fully saturated rings. The normalized spacial score (nSPS) is 14.9. The van der Waals surface area contributed by atoms with Gasteiger partial charge in [0.15, 0.2) is 5.82 Å². The van der Waals surface area contributed by atoms with Gasteiger partial charge in [-0.25, -0.2) is 14.4 Å². The van der Waals surface area contributed by atoms with Crippen LogP contribution in [0.25, 0.3) is 0 Å². The first-order valence-corrected chi connectivity index (χ1v) is 7.55. The van der Waals surface area contributed by atoms with Gasteiger partial charge in [0.1, 0.15) is 10.4 Å². The standard InChI is InChI=1S/C14H12BrClFN3/c15-12-7-18-14(13(20-12)8-2-1-3-8)19-9-4-5-10(16)11(17)6-9/h4-8H,1-3H2,(H,18,19). The Hall–Kier alpha value is -1.20. The Labute approximate surface area is 129 Å². The number of anilines is 2. The molecule has 1 aromatic carbocycles. The number of aromatic nitrogens is 2. The molecule has 2 aromatic rings. The van der Waals surface area contributed by atoms with Crippen molar-refractivity contribution in [2.75, 3.05) is 5.32 Å². The molecular weight excluding hydrogens is 345 g/mol. The molecule has 0 saturated heterocycles. The van der Waals surface area contributed by atoms with Gasteiger partial charge in [-0.1, -0.05) is 18.0 Å². The zero-order chi connectivity index (χ0) is 14.1. The van der Waals surface area contributed by atoms with Crippen LogP contribution in [0.4, 0.5) is 15.9 Å². The van der Waals surface area contributed by atoms with Crippen LogP contribution in [0.5, 0.6) is 0 Å². The molecule has 1 heterocycles. The second-order valence-corrected chi connectivity index (χ2v) is 6.03. The molecule has 3 rings (SSSR count). The van der Waals surface area contributed by atoms with Gasteiger partial charge < -0.3 is 5.32 Å². The van der Waals surface area contributed by atoms with E-state index in [9.17, 15) is 4.39 Å². The molecule has 0 spiro atoms. The van der Waals surface area contributed by atoms with Gasteiger partial charge >= 0.3 is 0 Å². The molecule has 1 aromatic heterocycles. The highest BCUT2D eigenvalue weighted by Crippen LogP contribution is 2.39. The number of nitrogens with zero attached hydrogens (tertiary/aromatic N) is 2. The highest BCUT2D eigenvalue weighted by atomic mass is 79.9. The lowest BCUT2D eigenvalue weighted by molar-refractivity contribution is 0.411. The summed E-state index contributed by atoms with van der Waals surface area (Å²) >= 11 is 9.03. The maximum absolute atomic E-state index is 13.5. The van der Waals surface area contributed by atoms with E-state index < -0.39 is 5.82 Å². The lowest BCUT2D eigenvalue weighted by Gasteiger charge is -2.26. The summed E-state index contributed by atoms with van der Waals surface area (Å²) in [5.74, 6) is 0.659. The van der Waals surface area contributed by atoms with Crippen molar-refractivity contribution in [3.05, 3.63) is 45.5 Å². The predicted octanol–water partition coefficient (Wildman–Crippen LogP) is 5.04. The highest BCUT2D eigenvalue weighted by Gasteiger charge is 2.25. The van der Waals surface area contributed by atoms with Crippen molar-refractivity contribution in [3.63, 3.8) is 0 Å². The van der Waals surface area contributed by atoms with Crippen LogP contribution in [0, 0.1) is 5.82 Å². The van der Waals surface area contributed by atoms with E-state index in [0.29, 0.717) is 22.0 Å². The Morgan fingerprint density at radius 3 is 2.80 bits per heavy atom. The van der Waals surface area contributed by atoms with E-state index in [-0.39, 0.29) is 5.02 Å². The number of nitrogens with one attached hydrogen (secondary N) is 1. The number of hydrogen-bond donors (Lipinski definition) is 1. The van der Waals surface area contributed by atoms with Gasteiger partial charge in [-0.3, -0.25) is 0 Å². The highest BCUT2D eigenvalue weighted by molar-refractivity contribution is 9.10. The smallest absolute Gasteiger partial charge is 0.152 e. The van der Waals surface area contributed by atoms with Crippen LogP contribution in [0.3, 0.4) is 0 Å². The molecule has 6 heteroatoms. The van der Waals surface area contributed by atoms with Crippen molar-refractivity contribution >= 4 is 39.0 Å². The molecule has 1 saturated carbocycles. The third-order valence-corrected chi connectivity index (χ3v) is 4.13. The summed E-state index contributed by atoms with van der Waals surface area (Å²) in [7, 11) is 0. The molecule has 0 atom stereocenters. The molecule has 0 aliphatic heterocycles. The minimum Gasteiger partial charge on any atom is -0.339 e. The number of benzene rings is 1. The minimum atomic E-state index is -0.452. The van der Waals surface area contributed by atoms with Gasteiger partial charge in [0.05, 0.1) is 16.9 Å². The number of hydrogen-bond acceptors (Lipinski definition) is 3. The Kier molecular flexibility index (Phi) is 3.89. The average Bonchev–Trinajstić information content (AvgIpc) is 2.35. The predicted molar refractivity (Wildman–Crippen MR) is 81.0 cm³/mol. The molecule has 1 aliphatic carbocycles. The summed E-state index contributed by atoms with van der Waals surface area (Å²) in [6.45, 7) is 0. The zero-order valence-corrected chi connectivity index (χ0v) is 12.9. The lowest BCUT2D eigenvalue weighted by atomic mass is 9.82. The fraction of sp³-hybridized carbons (Fsp3) is 0.286. The summed E-state index contributed by atoms with van der Waals surface area (Å²) in [5, 5.41) is 3.23. The summed E-state index contributed by atoms with van der Waals surface area (Å²) in [5.41, 5.74) is 1.55. The monoisotopic (exact) mass is 355 g/mol. The third-order valence-electron chi connectivity index (χ3n) is 3.44. The maximum atomic E-state index is 13.5. The molecule has 0 bridgehead atoms. The van der Waals surface area contributed by atoms with E-state index in [4.69, 9.17) is 11.6 Å². The second kappa shape index (κ2) is 5.66. The SMILES string of the molecule is Fc1cc(Nc2ncc(Br)nc2C2CCC2)ccc1Cl. The van der Waals surface area contributed by atoms with Crippen molar-refractivity contribution < 1.29 is 4.39 Å². The lowest BCUT2D eigenvalue weighted by Crippen LogP contribution is -2.14. The first-order chi connectivity index (χ1) is 9.63. The summed E-state index contributed by atoms with van der Waals surface area (Å²) in [6.07, 6.45) is 5.09. The van der Waals surface area contributed by atoms with Gasteiger partial charge in [0, 0.05) is 11.6 Å². The largest absolute Gasteiger partial charge is 0.339 e. The van der Waals surface area contributed by atoms with Crippen LogP contribution in [-0.4, -0.2) is 9.97 Å². The number of rotatable bonds is 3. The summed E-state index contributed by atoms with van der Waals surface area (Å²) in [4.78, 5) is 8.86. The van der Waals surface area contributed by atoms with Crippen molar-refractivity contribution in [1.82, 2.24) is 9.97 Å². The van der Waals surface area contributed by atoms with Gasteiger partial charge in [0.25, 0.3) is 0 Å². The zero-order valence-electron chi connectivity index (χ0n) is 10.5. The molecule has 20 heavy (non-hydrogen) atoms. The van der Waals surface area contributed by atoms with Crippen molar-refractivity contribution in [2.24, 2.45) is 0 Å². The fourth-order valence-corrected chi connectivity index (χ4v) is 2.57. The van der Waals surface area contributed by atoms with Gasteiger partial charge in [-0.05, 0) is 47.0 Å². The van der Waals surface area contributed by atoms with Crippen LogP contribution >= 0.6 is 27.5 Å². The van der Waals surface area contributed by atoms with Crippen molar-refractivity contribution in [2.45, 2.75) is 25.2 Å². The number of halogens is 3. The van der Waals surface area contributed by atoms with E-state index in [0.717, 1.165) is 18.5 Å². The molecule has 1 aliphatic rings. The molecule has 0 amide bonds. The molecular formula is C14H12BrClFN3. The summed E-state index contributed by atoms with van der Waals surface area (Å²) < 4.78 is 14.2. The Bertz CT molecular complexity index is 646. The fourth-order valence-electron chi connectivity index (χ4n) is 2.15. The second-order valence-electron chi connectivity index (χ2n) is 4.81. The van der Waals surface area contributed by atoms with E-state index >= 15 is 0 Å². The topological polar surface area (TPSA) is 37.8 Å². The van der Waals surface area contributed by atoms with E-state index in [1.165, 1.54) is 18.6 Å². The Balaban J connectivity index is 1.91. The van der Waals surface area contributed by atoms with Crippen molar-refractivity contribution in [1.29, 1.82) is 0 Å². The van der Waals surface area contributed by atoms with Crippen LogP contribution in [0.15, 0.2) is 29.0 Å². The van der Waals surface area contributed by atoms with E-state index in [1.54, 1.807) is 12.3 Å². The average molecular weight is 357 g/mol. The quantitative estimate of drug-likeness (QED) is 0.837. The Morgan fingerprint density at radius 2 is 2.15 bits per heavy atom. The van der Waals surface area contributed by atoms with Crippen LogP contribution in [0.1, 0.15) is 30.9 Å². The van der Waals surface area contributed by atoms with Crippen molar-refractivity contribution in [3.8, 4) is 0 Å². The van der Waals surface area contributed by atoms with Crippen LogP contribution in [-0.2, 0) is 0 Å². The van der Waals surface area contributed by atoms with Crippen LogP contribution in [0.2, 0.25) is 5.02 Å². The van der Waals surface area contributed by atoms with Gasteiger partial charge in [0.2, 0.25) is 0 Å². The molecule has 3 nitrogen and oxygen atoms in total. The molecule has 104 valence electrons. The van der Waals surface area contributed by atoms with Gasteiger partial charge in [-0.2, -0.15) is 0 Å².